The third-order valence-electron chi connectivity index (χ3n) is 2.82. The minimum atomic E-state index is -0.0174. The minimum Gasteiger partial charge on any atom is -0.354 e. The number of hydrogen-bond acceptors (Lipinski definition) is 3. The van der Waals surface area contributed by atoms with Crippen molar-refractivity contribution in [3.8, 4) is 0 Å². The molecule has 114 valence electrons. The third kappa shape index (κ3) is 7.17. The first-order valence-corrected chi connectivity index (χ1v) is 7.78. The standard InChI is InChI=1S/C15H24N2OS.ClH/c1-4-14(19-13-9-7-6-8-10-13)15(18)17-11-12(3)16-5-2;/h6-10,12,14,16H,4-5,11H2,1-3H3,(H,17,18);1H/t12-,14?;/m1./s1. The van der Waals surface area contributed by atoms with Crippen LogP contribution < -0.4 is 10.6 Å². The molecule has 0 radical (unpaired) electrons. The minimum absolute atomic E-state index is 0. The number of rotatable bonds is 8. The third-order valence-corrected chi connectivity index (χ3v) is 4.20. The Morgan fingerprint density at radius 1 is 1.25 bits per heavy atom. The molecule has 20 heavy (non-hydrogen) atoms. The van der Waals surface area contributed by atoms with Gasteiger partial charge in [-0.15, -0.1) is 24.2 Å². The van der Waals surface area contributed by atoms with Crippen LogP contribution in [0.5, 0.6) is 0 Å². The SMILES string of the molecule is CCN[C@H](C)CNC(=O)C(CC)Sc1ccccc1.Cl. The fourth-order valence-electron chi connectivity index (χ4n) is 1.77. The summed E-state index contributed by atoms with van der Waals surface area (Å²) in [6.07, 6.45) is 0.834. The summed E-state index contributed by atoms with van der Waals surface area (Å²) >= 11 is 1.63. The summed E-state index contributed by atoms with van der Waals surface area (Å²) in [4.78, 5) is 13.3. The van der Waals surface area contributed by atoms with Crippen LogP contribution in [0.3, 0.4) is 0 Å². The Morgan fingerprint density at radius 2 is 1.90 bits per heavy atom. The lowest BCUT2D eigenvalue weighted by atomic mass is 10.3. The van der Waals surface area contributed by atoms with Gasteiger partial charge >= 0.3 is 0 Å². The molecule has 2 atom stereocenters. The van der Waals surface area contributed by atoms with Crippen LogP contribution in [0.15, 0.2) is 35.2 Å². The van der Waals surface area contributed by atoms with E-state index >= 15 is 0 Å². The Morgan fingerprint density at radius 3 is 2.45 bits per heavy atom. The predicted octanol–water partition coefficient (Wildman–Crippen LogP) is 3.09. The number of carbonyl (C=O) groups excluding carboxylic acids is 1. The topological polar surface area (TPSA) is 41.1 Å². The van der Waals surface area contributed by atoms with Crippen LogP contribution in [0, 0.1) is 0 Å². The molecular formula is C15H25ClN2OS. The van der Waals surface area contributed by atoms with Crippen LogP contribution in [0.2, 0.25) is 0 Å². The van der Waals surface area contributed by atoms with Crippen molar-refractivity contribution < 1.29 is 4.79 Å². The van der Waals surface area contributed by atoms with Gasteiger partial charge in [-0.3, -0.25) is 4.79 Å². The van der Waals surface area contributed by atoms with E-state index in [0.717, 1.165) is 17.9 Å². The van der Waals surface area contributed by atoms with Gasteiger partial charge in [0.05, 0.1) is 5.25 Å². The van der Waals surface area contributed by atoms with Gasteiger partial charge in [-0.25, -0.2) is 0 Å². The number of carbonyl (C=O) groups is 1. The Balaban J connectivity index is 0.00000361. The fraction of sp³-hybridized carbons (Fsp3) is 0.533. The molecule has 1 unspecified atom stereocenters. The number of amides is 1. The summed E-state index contributed by atoms with van der Waals surface area (Å²) in [6.45, 7) is 7.80. The molecule has 3 nitrogen and oxygen atoms in total. The molecule has 0 bridgehead atoms. The lowest BCUT2D eigenvalue weighted by Gasteiger charge is -2.17. The second kappa shape index (κ2) is 11.0. The Kier molecular flexibility index (Phi) is 10.6. The second-order valence-corrected chi connectivity index (χ2v) is 5.81. The average molecular weight is 317 g/mol. The van der Waals surface area contributed by atoms with Crippen molar-refractivity contribution >= 4 is 30.1 Å². The van der Waals surface area contributed by atoms with Crippen molar-refractivity contribution in [3.63, 3.8) is 0 Å². The number of nitrogens with one attached hydrogen (secondary N) is 2. The summed E-state index contributed by atoms with van der Waals surface area (Å²) < 4.78 is 0. The summed E-state index contributed by atoms with van der Waals surface area (Å²) in [7, 11) is 0. The molecule has 0 heterocycles. The highest BCUT2D eigenvalue weighted by atomic mass is 35.5. The van der Waals surface area contributed by atoms with Crippen LogP contribution >= 0.6 is 24.2 Å². The summed E-state index contributed by atoms with van der Waals surface area (Å²) in [6, 6.07) is 10.4. The monoisotopic (exact) mass is 316 g/mol. The van der Waals surface area contributed by atoms with Gasteiger partial charge in [-0.05, 0) is 32.0 Å². The van der Waals surface area contributed by atoms with Gasteiger partial charge in [0.25, 0.3) is 0 Å². The van der Waals surface area contributed by atoms with E-state index in [2.05, 4.69) is 24.5 Å². The second-order valence-electron chi connectivity index (χ2n) is 4.53. The first-order valence-electron chi connectivity index (χ1n) is 6.90. The molecular weight excluding hydrogens is 292 g/mol. The van der Waals surface area contributed by atoms with Crippen molar-refractivity contribution in [1.29, 1.82) is 0 Å². The van der Waals surface area contributed by atoms with Gasteiger partial charge in [0.1, 0.15) is 0 Å². The van der Waals surface area contributed by atoms with Crippen molar-refractivity contribution in [2.24, 2.45) is 0 Å². The highest BCUT2D eigenvalue weighted by Crippen LogP contribution is 2.24. The zero-order valence-corrected chi connectivity index (χ0v) is 14.0. The maximum atomic E-state index is 12.1. The Labute approximate surface area is 132 Å². The molecule has 0 aliphatic carbocycles. The highest BCUT2D eigenvalue weighted by molar-refractivity contribution is 8.00. The molecule has 1 aromatic carbocycles. The lowest BCUT2D eigenvalue weighted by Crippen LogP contribution is -2.41. The predicted molar refractivity (Wildman–Crippen MR) is 89.8 cm³/mol. The van der Waals surface area contributed by atoms with E-state index in [1.165, 1.54) is 0 Å². The fourth-order valence-corrected chi connectivity index (χ4v) is 2.77. The number of hydrogen-bond donors (Lipinski definition) is 2. The molecule has 5 heteroatoms. The highest BCUT2D eigenvalue weighted by Gasteiger charge is 2.17. The van der Waals surface area contributed by atoms with Crippen LogP contribution in [-0.2, 0) is 4.79 Å². The first-order chi connectivity index (χ1) is 9.17. The Hall–Kier alpha value is -0.710. The quantitative estimate of drug-likeness (QED) is 0.724. The van der Waals surface area contributed by atoms with Gasteiger partial charge in [0.15, 0.2) is 0 Å². The van der Waals surface area contributed by atoms with Crippen molar-refractivity contribution in [3.05, 3.63) is 30.3 Å². The summed E-state index contributed by atoms with van der Waals surface area (Å²) in [5.41, 5.74) is 0. The molecule has 0 fully saturated rings. The van der Waals surface area contributed by atoms with Crippen LogP contribution in [0.25, 0.3) is 0 Å². The molecule has 1 aromatic rings. The molecule has 0 spiro atoms. The van der Waals surface area contributed by atoms with Crippen molar-refractivity contribution in [2.45, 2.75) is 43.4 Å². The molecule has 0 saturated carbocycles. The number of halogens is 1. The van der Waals surface area contributed by atoms with Gasteiger partial charge in [-0.1, -0.05) is 32.0 Å². The molecule has 1 amide bonds. The van der Waals surface area contributed by atoms with Crippen molar-refractivity contribution in [2.75, 3.05) is 13.1 Å². The van der Waals surface area contributed by atoms with E-state index < -0.39 is 0 Å². The van der Waals surface area contributed by atoms with E-state index in [1.54, 1.807) is 11.8 Å². The lowest BCUT2D eigenvalue weighted by molar-refractivity contribution is -0.120. The van der Waals surface area contributed by atoms with Crippen LogP contribution in [-0.4, -0.2) is 30.3 Å². The summed E-state index contributed by atoms with van der Waals surface area (Å²) in [5, 5.41) is 6.28. The Bertz CT molecular complexity index is 375. The molecule has 1 rings (SSSR count). The largest absolute Gasteiger partial charge is 0.354 e. The van der Waals surface area contributed by atoms with Gasteiger partial charge in [-0.2, -0.15) is 0 Å². The van der Waals surface area contributed by atoms with Gasteiger partial charge in [0, 0.05) is 17.5 Å². The van der Waals surface area contributed by atoms with E-state index in [1.807, 2.05) is 37.3 Å². The number of thioether (sulfide) groups is 1. The van der Waals surface area contributed by atoms with E-state index in [-0.39, 0.29) is 23.6 Å². The first kappa shape index (κ1) is 19.3. The zero-order valence-electron chi connectivity index (χ0n) is 12.4. The normalized spacial score (nSPS) is 13.2. The van der Waals surface area contributed by atoms with Crippen molar-refractivity contribution in [1.82, 2.24) is 10.6 Å². The van der Waals surface area contributed by atoms with Crippen LogP contribution in [0.1, 0.15) is 27.2 Å². The number of benzene rings is 1. The van der Waals surface area contributed by atoms with Gasteiger partial charge < -0.3 is 10.6 Å². The average Bonchev–Trinajstić information content (AvgIpc) is 2.43. The zero-order chi connectivity index (χ0) is 14.1. The van der Waals surface area contributed by atoms with E-state index in [4.69, 9.17) is 0 Å². The molecule has 2 N–H and O–H groups in total. The molecule has 0 aliphatic heterocycles. The summed E-state index contributed by atoms with van der Waals surface area (Å²) in [5.74, 6) is 0.126. The van der Waals surface area contributed by atoms with Gasteiger partial charge in [0.2, 0.25) is 5.91 Å². The smallest absolute Gasteiger partial charge is 0.233 e. The van der Waals surface area contributed by atoms with E-state index in [9.17, 15) is 4.79 Å². The van der Waals surface area contributed by atoms with Crippen LogP contribution in [0.4, 0.5) is 0 Å². The maximum Gasteiger partial charge on any atom is 0.233 e. The number of likely N-dealkylation sites (N-methyl/N-ethyl adjacent to an activating group) is 1. The molecule has 0 saturated heterocycles. The molecule has 0 aromatic heterocycles. The van der Waals surface area contributed by atoms with E-state index in [0.29, 0.717) is 12.6 Å². The molecule has 0 aliphatic rings. The maximum absolute atomic E-state index is 12.1.